The lowest BCUT2D eigenvalue weighted by molar-refractivity contribution is 0.0936. The van der Waals surface area contributed by atoms with Gasteiger partial charge in [0.05, 0.1) is 0 Å². The summed E-state index contributed by atoms with van der Waals surface area (Å²) in [4.78, 5) is 0. The van der Waals surface area contributed by atoms with Gasteiger partial charge in [-0.2, -0.15) is 0 Å². The highest BCUT2D eigenvalue weighted by Gasteiger charge is 2.20. The van der Waals surface area contributed by atoms with Gasteiger partial charge >= 0.3 is 0 Å². The molecule has 1 aliphatic heterocycles. The molecule has 0 amide bonds. The first-order chi connectivity index (χ1) is 9.89. The Labute approximate surface area is 127 Å². The summed E-state index contributed by atoms with van der Waals surface area (Å²) in [6.07, 6.45) is 11.9. The number of benzene rings is 1. The van der Waals surface area contributed by atoms with Gasteiger partial charge in [0.15, 0.2) is 0 Å². The quantitative estimate of drug-likeness (QED) is 0.911. The van der Waals surface area contributed by atoms with Gasteiger partial charge in [-0.05, 0) is 23.1 Å². The molecule has 2 rings (SSSR count). The summed E-state index contributed by atoms with van der Waals surface area (Å²) in [6, 6.07) is 5.98. The van der Waals surface area contributed by atoms with E-state index in [1.807, 2.05) is 67.0 Å². The molecule has 0 saturated carbocycles. The molecular formula is C18H24N2O. The fourth-order valence-corrected chi connectivity index (χ4v) is 2.33. The van der Waals surface area contributed by atoms with E-state index in [-0.39, 0.29) is 5.41 Å². The van der Waals surface area contributed by atoms with Crippen molar-refractivity contribution in [2.45, 2.75) is 32.7 Å². The Morgan fingerprint density at radius 3 is 2.24 bits per heavy atom. The maximum atomic E-state index is 10.5. The molecule has 1 heterocycles. The Hall–Kier alpha value is -2.00. The van der Waals surface area contributed by atoms with E-state index in [1.165, 1.54) is 0 Å². The van der Waals surface area contributed by atoms with Crippen molar-refractivity contribution in [3.63, 3.8) is 0 Å². The zero-order chi connectivity index (χ0) is 15.5. The summed E-state index contributed by atoms with van der Waals surface area (Å²) in [5, 5.41) is 14.6. The SMILES string of the molecule is CN(Cc1cccc(C(C)(C)C)c1O)N1C=CC=CC=C1. The predicted molar refractivity (Wildman–Crippen MR) is 87.5 cm³/mol. The Bertz CT molecular complexity index is 563. The third-order valence-corrected chi connectivity index (χ3v) is 3.53. The summed E-state index contributed by atoms with van der Waals surface area (Å²) >= 11 is 0. The number of hydrogen-bond donors (Lipinski definition) is 1. The van der Waals surface area contributed by atoms with Crippen LogP contribution in [0.3, 0.4) is 0 Å². The van der Waals surface area contributed by atoms with Gasteiger partial charge in [-0.25, -0.2) is 5.01 Å². The van der Waals surface area contributed by atoms with Gasteiger partial charge in [0, 0.05) is 31.6 Å². The van der Waals surface area contributed by atoms with E-state index in [9.17, 15) is 5.11 Å². The topological polar surface area (TPSA) is 26.7 Å². The molecule has 1 N–H and O–H groups in total. The summed E-state index contributed by atoms with van der Waals surface area (Å²) in [7, 11) is 2.00. The molecule has 3 heteroatoms. The second kappa shape index (κ2) is 6.19. The fraction of sp³-hybridized carbons (Fsp3) is 0.333. The van der Waals surface area contributed by atoms with Gasteiger partial charge in [0.1, 0.15) is 5.75 Å². The highest BCUT2D eigenvalue weighted by atomic mass is 16.3. The maximum Gasteiger partial charge on any atom is 0.123 e. The monoisotopic (exact) mass is 284 g/mol. The van der Waals surface area contributed by atoms with Crippen LogP contribution in [0.25, 0.3) is 0 Å². The number of phenolic OH excluding ortho intramolecular Hbond substituents is 1. The van der Waals surface area contributed by atoms with Crippen molar-refractivity contribution in [1.29, 1.82) is 0 Å². The van der Waals surface area contributed by atoms with Gasteiger partial charge in [-0.3, -0.25) is 5.01 Å². The molecule has 0 atom stereocenters. The fourth-order valence-electron chi connectivity index (χ4n) is 2.33. The standard InChI is InChI=1S/C18H24N2O/c1-18(2,3)16-11-9-10-15(17(16)21)14-19(4)20-12-7-5-6-8-13-20/h5-13,21H,14H2,1-4H3. The van der Waals surface area contributed by atoms with Crippen LogP contribution in [0.2, 0.25) is 0 Å². The molecule has 0 unspecified atom stereocenters. The first-order valence-electron chi connectivity index (χ1n) is 7.22. The molecule has 0 bridgehead atoms. The van der Waals surface area contributed by atoms with E-state index in [2.05, 4.69) is 25.8 Å². The van der Waals surface area contributed by atoms with Crippen molar-refractivity contribution in [1.82, 2.24) is 10.0 Å². The highest BCUT2D eigenvalue weighted by molar-refractivity contribution is 5.43. The van der Waals surface area contributed by atoms with E-state index in [4.69, 9.17) is 0 Å². The number of hydrazine groups is 1. The summed E-state index contributed by atoms with van der Waals surface area (Å²) < 4.78 is 0. The van der Waals surface area contributed by atoms with E-state index in [1.54, 1.807) is 0 Å². The lowest BCUT2D eigenvalue weighted by Crippen LogP contribution is -2.31. The first-order valence-corrected chi connectivity index (χ1v) is 7.22. The van der Waals surface area contributed by atoms with E-state index < -0.39 is 0 Å². The minimum absolute atomic E-state index is 0.0645. The minimum Gasteiger partial charge on any atom is -0.507 e. The lowest BCUT2D eigenvalue weighted by Gasteiger charge is -2.29. The van der Waals surface area contributed by atoms with Crippen molar-refractivity contribution in [2.24, 2.45) is 0 Å². The molecule has 0 radical (unpaired) electrons. The van der Waals surface area contributed by atoms with Crippen LogP contribution in [0, 0.1) is 0 Å². The average Bonchev–Trinajstić information content (AvgIpc) is 2.68. The normalized spacial score (nSPS) is 14.8. The van der Waals surface area contributed by atoms with Crippen molar-refractivity contribution in [3.05, 3.63) is 66.0 Å². The van der Waals surface area contributed by atoms with E-state index in [0.717, 1.165) is 11.1 Å². The van der Waals surface area contributed by atoms with Crippen molar-refractivity contribution in [2.75, 3.05) is 7.05 Å². The summed E-state index contributed by atoms with van der Waals surface area (Å²) in [6.45, 7) is 6.98. The first kappa shape index (κ1) is 15.4. The van der Waals surface area contributed by atoms with Gasteiger partial charge in [-0.1, -0.05) is 51.1 Å². The van der Waals surface area contributed by atoms with Crippen molar-refractivity contribution < 1.29 is 5.11 Å². The molecular weight excluding hydrogens is 260 g/mol. The van der Waals surface area contributed by atoms with Crippen LogP contribution in [-0.2, 0) is 12.0 Å². The average molecular weight is 284 g/mol. The molecule has 1 aliphatic rings. The van der Waals surface area contributed by atoms with Crippen LogP contribution < -0.4 is 0 Å². The third-order valence-electron chi connectivity index (χ3n) is 3.53. The van der Waals surface area contributed by atoms with Crippen LogP contribution in [0.15, 0.2) is 54.9 Å². The molecule has 21 heavy (non-hydrogen) atoms. The number of rotatable bonds is 3. The van der Waals surface area contributed by atoms with E-state index in [0.29, 0.717) is 12.3 Å². The number of nitrogens with zero attached hydrogens (tertiary/aromatic N) is 2. The van der Waals surface area contributed by atoms with Crippen molar-refractivity contribution >= 4 is 0 Å². The van der Waals surface area contributed by atoms with Crippen LogP contribution in [-0.4, -0.2) is 22.2 Å². The van der Waals surface area contributed by atoms with Gasteiger partial charge in [-0.15, -0.1) is 0 Å². The highest BCUT2D eigenvalue weighted by Crippen LogP contribution is 2.33. The number of allylic oxidation sites excluding steroid dienone is 4. The Morgan fingerprint density at radius 2 is 1.67 bits per heavy atom. The third kappa shape index (κ3) is 3.76. The molecule has 1 aromatic rings. The number of phenols is 1. The maximum absolute atomic E-state index is 10.5. The number of hydrogen-bond acceptors (Lipinski definition) is 3. The second-order valence-corrected chi connectivity index (χ2v) is 6.33. The number of aromatic hydroxyl groups is 1. The lowest BCUT2D eigenvalue weighted by atomic mass is 9.85. The molecule has 0 spiro atoms. The molecule has 112 valence electrons. The Kier molecular flexibility index (Phi) is 4.53. The Morgan fingerprint density at radius 1 is 1.05 bits per heavy atom. The van der Waals surface area contributed by atoms with Crippen LogP contribution in [0.4, 0.5) is 0 Å². The molecule has 0 aromatic heterocycles. The molecule has 1 aromatic carbocycles. The van der Waals surface area contributed by atoms with Gasteiger partial charge < -0.3 is 5.11 Å². The minimum atomic E-state index is -0.0645. The zero-order valence-electron chi connectivity index (χ0n) is 13.2. The predicted octanol–water partition coefficient (Wildman–Crippen LogP) is 3.94. The van der Waals surface area contributed by atoms with Crippen LogP contribution >= 0.6 is 0 Å². The van der Waals surface area contributed by atoms with Gasteiger partial charge in [0.2, 0.25) is 0 Å². The van der Waals surface area contributed by atoms with Gasteiger partial charge in [0.25, 0.3) is 0 Å². The van der Waals surface area contributed by atoms with Crippen molar-refractivity contribution in [3.8, 4) is 5.75 Å². The van der Waals surface area contributed by atoms with Crippen LogP contribution in [0.1, 0.15) is 31.9 Å². The molecule has 0 aliphatic carbocycles. The van der Waals surface area contributed by atoms with E-state index >= 15 is 0 Å². The summed E-state index contributed by atoms with van der Waals surface area (Å²) in [5.41, 5.74) is 1.85. The Balaban J connectivity index is 2.20. The largest absolute Gasteiger partial charge is 0.507 e. The smallest absolute Gasteiger partial charge is 0.123 e. The molecule has 0 saturated heterocycles. The second-order valence-electron chi connectivity index (χ2n) is 6.33. The molecule has 3 nitrogen and oxygen atoms in total. The summed E-state index contributed by atoms with van der Waals surface area (Å²) in [5.74, 6) is 0.401. The molecule has 0 fully saturated rings. The number of para-hydroxylation sites is 1. The van der Waals surface area contributed by atoms with Crippen LogP contribution in [0.5, 0.6) is 5.75 Å². The zero-order valence-corrected chi connectivity index (χ0v) is 13.2.